The number of benzene rings is 1. The van der Waals surface area contributed by atoms with E-state index in [2.05, 4.69) is 15.3 Å². The molecule has 0 atom stereocenters. The molecule has 104 valence electrons. The maximum absolute atomic E-state index is 12.1. The number of rotatable bonds is 3. The highest BCUT2D eigenvalue weighted by atomic mass is 35.5. The minimum atomic E-state index is -0.200. The third-order valence-corrected chi connectivity index (χ3v) is 3.37. The zero-order valence-corrected chi connectivity index (χ0v) is 11.8. The number of carbonyl (C=O) groups is 1. The summed E-state index contributed by atoms with van der Waals surface area (Å²) < 4.78 is 0. The largest absolute Gasteiger partial charge is 0.346 e. The van der Waals surface area contributed by atoms with E-state index in [1.54, 1.807) is 12.3 Å². The molecule has 5 heteroatoms. The van der Waals surface area contributed by atoms with Gasteiger partial charge in [0.25, 0.3) is 5.91 Å². The standard InChI is InChI=1S/C16H12ClN3O/c17-15-9-12(6-8-19-15)16(21)20-10-14-13-4-2-1-3-11(13)5-7-18-14/h1-9H,10H2,(H,20,21). The number of halogens is 1. The SMILES string of the molecule is O=C(NCc1nccc2ccccc12)c1ccnc(Cl)c1. The lowest BCUT2D eigenvalue weighted by atomic mass is 10.1. The molecule has 0 saturated heterocycles. The predicted molar refractivity (Wildman–Crippen MR) is 82.2 cm³/mol. The number of aromatic nitrogens is 2. The molecule has 2 heterocycles. The normalized spacial score (nSPS) is 10.5. The van der Waals surface area contributed by atoms with Crippen molar-refractivity contribution in [2.24, 2.45) is 0 Å². The second kappa shape index (κ2) is 5.89. The van der Waals surface area contributed by atoms with E-state index < -0.39 is 0 Å². The maximum atomic E-state index is 12.1. The minimum absolute atomic E-state index is 0.200. The molecule has 21 heavy (non-hydrogen) atoms. The highest BCUT2D eigenvalue weighted by Crippen LogP contribution is 2.16. The van der Waals surface area contributed by atoms with Gasteiger partial charge in [-0.1, -0.05) is 35.9 Å². The van der Waals surface area contributed by atoms with Crippen LogP contribution in [0.5, 0.6) is 0 Å². The van der Waals surface area contributed by atoms with Crippen molar-refractivity contribution < 1.29 is 4.79 Å². The fourth-order valence-electron chi connectivity index (χ4n) is 2.13. The average molecular weight is 298 g/mol. The molecule has 0 aliphatic rings. The Morgan fingerprint density at radius 1 is 1.10 bits per heavy atom. The smallest absolute Gasteiger partial charge is 0.251 e. The van der Waals surface area contributed by atoms with Gasteiger partial charge >= 0.3 is 0 Å². The Balaban J connectivity index is 1.79. The van der Waals surface area contributed by atoms with Gasteiger partial charge in [0.15, 0.2) is 0 Å². The average Bonchev–Trinajstić information content (AvgIpc) is 2.52. The van der Waals surface area contributed by atoms with Crippen molar-refractivity contribution in [1.29, 1.82) is 0 Å². The van der Waals surface area contributed by atoms with Crippen molar-refractivity contribution in [3.05, 3.63) is 71.3 Å². The van der Waals surface area contributed by atoms with E-state index in [0.29, 0.717) is 17.3 Å². The summed E-state index contributed by atoms with van der Waals surface area (Å²) in [6, 6.07) is 13.0. The van der Waals surface area contributed by atoms with Gasteiger partial charge in [-0.25, -0.2) is 4.98 Å². The van der Waals surface area contributed by atoms with Crippen molar-refractivity contribution in [3.8, 4) is 0 Å². The first kappa shape index (κ1) is 13.5. The fraction of sp³-hybridized carbons (Fsp3) is 0.0625. The van der Waals surface area contributed by atoms with Gasteiger partial charge in [-0.2, -0.15) is 0 Å². The first-order chi connectivity index (χ1) is 10.2. The zero-order chi connectivity index (χ0) is 14.7. The molecule has 0 aliphatic heterocycles. The van der Waals surface area contributed by atoms with Crippen LogP contribution in [0.25, 0.3) is 10.8 Å². The molecule has 0 radical (unpaired) electrons. The van der Waals surface area contributed by atoms with Crippen LogP contribution >= 0.6 is 11.6 Å². The Morgan fingerprint density at radius 2 is 1.90 bits per heavy atom. The molecule has 1 amide bonds. The third kappa shape index (κ3) is 3.01. The van der Waals surface area contributed by atoms with Crippen LogP contribution in [0.1, 0.15) is 16.1 Å². The number of amides is 1. The summed E-state index contributed by atoms with van der Waals surface area (Å²) in [5, 5.41) is 5.28. The number of carbonyl (C=O) groups excluding carboxylic acids is 1. The van der Waals surface area contributed by atoms with Crippen LogP contribution in [0.3, 0.4) is 0 Å². The summed E-state index contributed by atoms with van der Waals surface area (Å²) in [5.74, 6) is -0.200. The van der Waals surface area contributed by atoms with Gasteiger partial charge in [-0.3, -0.25) is 9.78 Å². The predicted octanol–water partition coefficient (Wildman–Crippen LogP) is 3.21. The Hall–Kier alpha value is -2.46. The van der Waals surface area contributed by atoms with Crippen molar-refractivity contribution in [2.45, 2.75) is 6.54 Å². The van der Waals surface area contributed by atoms with Crippen molar-refractivity contribution in [1.82, 2.24) is 15.3 Å². The van der Waals surface area contributed by atoms with E-state index in [9.17, 15) is 4.79 Å². The minimum Gasteiger partial charge on any atom is -0.346 e. The van der Waals surface area contributed by atoms with Gasteiger partial charge in [-0.15, -0.1) is 0 Å². The van der Waals surface area contributed by atoms with Crippen LogP contribution in [0.2, 0.25) is 5.15 Å². The van der Waals surface area contributed by atoms with E-state index in [-0.39, 0.29) is 5.91 Å². The Labute approximate surface area is 126 Å². The molecule has 1 aromatic carbocycles. The van der Waals surface area contributed by atoms with Crippen LogP contribution < -0.4 is 5.32 Å². The van der Waals surface area contributed by atoms with E-state index in [4.69, 9.17) is 11.6 Å². The molecular weight excluding hydrogens is 286 g/mol. The van der Waals surface area contributed by atoms with E-state index in [1.807, 2.05) is 30.3 Å². The summed E-state index contributed by atoms with van der Waals surface area (Å²) in [4.78, 5) is 20.3. The first-order valence-corrected chi connectivity index (χ1v) is 6.84. The summed E-state index contributed by atoms with van der Waals surface area (Å²) in [5.41, 5.74) is 1.32. The molecule has 0 saturated carbocycles. The fourth-order valence-corrected chi connectivity index (χ4v) is 2.31. The quantitative estimate of drug-likeness (QED) is 0.755. The van der Waals surface area contributed by atoms with Crippen molar-refractivity contribution >= 4 is 28.3 Å². The molecular formula is C16H12ClN3O. The second-order valence-corrected chi connectivity index (χ2v) is 4.92. The van der Waals surface area contributed by atoms with Gasteiger partial charge in [0.2, 0.25) is 0 Å². The van der Waals surface area contributed by atoms with E-state index >= 15 is 0 Å². The summed E-state index contributed by atoms with van der Waals surface area (Å²) >= 11 is 5.78. The number of fused-ring (bicyclic) bond motifs is 1. The lowest BCUT2D eigenvalue weighted by Gasteiger charge is -2.07. The van der Waals surface area contributed by atoms with Crippen molar-refractivity contribution in [2.75, 3.05) is 0 Å². The lowest BCUT2D eigenvalue weighted by Crippen LogP contribution is -2.23. The van der Waals surface area contributed by atoms with E-state index in [1.165, 1.54) is 12.3 Å². The molecule has 3 aromatic rings. The Kier molecular flexibility index (Phi) is 3.79. The number of nitrogens with one attached hydrogen (secondary N) is 1. The molecule has 0 unspecified atom stereocenters. The van der Waals surface area contributed by atoms with Gasteiger partial charge in [0, 0.05) is 23.3 Å². The van der Waals surface area contributed by atoms with Gasteiger partial charge in [-0.05, 0) is 23.6 Å². The molecule has 0 fully saturated rings. The number of hydrogen-bond acceptors (Lipinski definition) is 3. The van der Waals surface area contributed by atoms with Gasteiger partial charge < -0.3 is 5.32 Å². The molecule has 1 N–H and O–H groups in total. The molecule has 3 rings (SSSR count). The highest BCUT2D eigenvalue weighted by Gasteiger charge is 2.08. The topological polar surface area (TPSA) is 54.9 Å². The number of pyridine rings is 2. The highest BCUT2D eigenvalue weighted by molar-refractivity contribution is 6.29. The summed E-state index contributed by atoms with van der Waals surface area (Å²) in [6.45, 7) is 0.361. The molecule has 0 bridgehead atoms. The van der Waals surface area contributed by atoms with Crippen LogP contribution in [0.15, 0.2) is 54.9 Å². The molecule has 0 spiro atoms. The van der Waals surface area contributed by atoms with Crippen molar-refractivity contribution in [3.63, 3.8) is 0 Å². The third-order valence-electron chi connectivity index (χ3n) is 3.16. The van der Waals surface area contributed by atoms with E-state index in [0.717, 1.165) is 16.5 Å². The first-order valence-electron chi connectivity index (χ1n) is 6.46. The molecule has 0 aliphatic carbocycles. The van der Waals surface area contributed by atoms with Crippen LogP contribution in [-0.2, 0) is 6.54 Å². The van der Waals surface area contributed by atoms with Crippen LogP contribution in [0.4, 0.5) is 0 Å². The summed E-state index contributed by atoms with van der Waals surface area (Å²) in [6.07, 6.45) is 3.25. The Morgan fingerprint density at radius 3 is 2.76 bits per heavy atom. The number of hydrogen-bond donors (Lipinski definition) is 1. The van der Waals surface area contributed by atoms with Crippen LogP contribution in [-0.4, -0.2) is 15.9 Å². The lowest BCUT2D eigenvalue weighted by molar-refractivity contribution is 0.0950. The van der Waals surface area contributed by atoms with Crippen LogP contribution in [0, 0.1) is 0 Å². The maximum Gasteiger partial charge on any atom is 0.251 e. The number of nitrogens with zero attached hydrogens (tertiary/aromatic N) is 2. The molecule has 4 nitrogen and oxygen atoms in total. The second-order valence-electron chi connectivity index (χ2n) is 4.53. The molecule has 2 aromatic heterocycles. The monoisotopic (exact) mass is 297 g/mol. The Bertz CT molecular complexity index is 799. The zero-order valence-electron chi connectivity index (χ0n) is 11.1. The summed E-state index contributed by atoms with van der Waals surface area (Å²) in [7, 11) is 0. The van der Waals surface area contributed by atoms with Gasteiger partial charge in [0.1, 0.15) is 5.15 Å². The van der Waals surface area contributed by atoms with Gasteiger partial charge in [0.05, 0.1) is 12.2 Å².